The van der Waals surface area contributed by atoms with E-state index in [9.17, 15) is 4.79 Å². The number of ether oxygens (including phenoxy) is 1. The van der Waals surface area contributed by atoms with E-state index in [0.29, 0.717) is 10.8 Å². The largest absolute Gasteiger partial charge is 0.462 e. The van der Waals surface area contributed by atoms with Crippen molar-refractivity contribution in [3.8, 4) is 0 Å². The molecule has 16 heavy (non-hydrogen) atoms. The van der Waals surface area contributed by atoms with Gasteiger partial charge in [0.25, 0.3) is 0 Å². The molecule has 0 aromatic heterocycles. The first-order valence-corrected chi connectivity index (χ1v) is 6.54. The molecule has 3 saturated carbocycles. The highest BCUT2D eigenvalue weighted by molar-refractivity contribution is 5.81. The first-order chi connectivity index (χ1) is 7.33. The molecule has 5 atom stereocenters. The van der Waals surface area contributed by atoms with Crippen molar-refractivity contribution in [1.82, 2.24) is 0 Å². The molecule has 0 radical (unpaired) electrons. The van der Waals surface area contributed by atoms with Gasteiger partial charge in [0.1, 0.15) is 6.10 Å². The molecule has 88 valence electrons. The molecule has 4 fully saturated rings. The second-order valence-corrected chi connectivity index (χ2v) is 7.75. The number of hydrogen-bond donors (Lipinski definition) is 0. The van der Waals surface area contributed by atoms with Gasteiger partial charge in [-0.15, -0.1) is 0 Å². The monoisotopic (exact) mass is 220 g/mol. The summed E-state index contributed by atoms with van der Waals surface area (Å²) < 4.78 is 5.66. The van der Waals surface area contributed by atoms with E-state index in [-0.39, 0.29) is 22.9 Å². The van der Waals surface area contributed by atoms with Gasteiger partial charge in [-0.3, -0.25) is 4.79 Å². The molecule has 0 N–H and O–H groups in total. The van der Waals surface area contributed by atoms with E-state index in [4.69, 9.17) is 4.74 Å². The minimum atomic E-state index is -0.156. The molecule has 4 rings (SSSR count). The highest BCUT2D eigenvalue weighted by Gasteiger charge is 2.81. The summed E-state index contributed by atoms with van der Waals surface area (Å²) >= 11 is 0. The minimum Gasteiger partial charge on any atom is -0.462 e. The van der Waals surface area contributed by atoms with Gasteiger partial charge in [0.05, 0.1) is 5.41 Å². The van der Waals surface area contributed by atoms with E-state index in [1.807, 2.05) is 0 Å². The maximum Gasteiger partial charge on any atom is 0.312 e. The number of carbonyl (C=O) groups excluding carboxylic acids is 1. The van der Waals surface area contributed by atoms with Gasteiger partial charge in [-0.25, -0.2) is 0 Å². The molecular weight excluding hydrogens is 200 g/mol. The van der Waals surface area contributed by atoms with Crippen LogP contribution in [0.3, 0.4) is 0 Å². The third kappa shape index (κ3) is 0.681. The lowest BCUT2D eigenvalue weighted by Crippen LogP contribution is -2.68. The highest BCUT2D eigenvalue weighted by Crippen LogP contribution is 2.84. The van der Waals surface area contributed by atoms with Crippen molar-refractivity contribution in [3.05, 3.63) is 0 Å². The zero-order chi connectivity index (χ0) is 11.4. The first-order valence-electron chi connectivity index (χ1n) is 6.54. The zero-order valence-corrected chi connectivity index (χ0v) is 10.4. The average molecular weight is 220 g/mol. The van der Waals surface area contributed by atoms with E-state index < -0.39 is 0 Å². The van der Waals surface area contributed by atoms with Gasteiger partial charge in [0.15, 0.2) is 0 Å². The normalized spacial score (nSPS) is 66.2. The Kier molecular flexibility index (Phi) is 1.24. The van der Waals surface area contributed by atoms with E-state index in [2.05, 4.69) is 20.8 Å². The first kappa shape index (κ1) is 9.49. The van der Waals surface area contributed by atoms with Crippen LogP contribution in [0, 0.1) is 21.7 Å². The van der Waals surface area contributed by atoms with Crippen molar-refractivity contribution in [2.75, 3.05) is 0 Å². The average Bonchev–Trinajstić information content (AvgIpc) is 2.26. The van der Waals surface area contributed by atoms with E-state index >= 15 is 0 Å². The number of carbonyl (C=O) groups is 1. The van der Waals surface area contributed by atoms with Crippen LogP contribution in [-0.2, 0) is 9.53 Å². The van der Waals surface area contributed by atoms with Crippen molar-refractivity contribution >= 4 is 5.97 Å². The summed E-state index contributed by atoms with van der Waals surface area (Å²) in [5.41, 5.74) is 0.990. The molecule has 0 aromatic rings. The predicted octanol–water partition coefficient (Wildman–Crippen LogP) is 2.91. The molecule has 4 aliphatic rings. The van der Waals surface area contributed by atoms with E-state index in [0.717, 1.165) is 19.3 Å². The van der Waals surface area contributed by atoms with Gasteiger partial charge in [-0.1, -0.05) is 13.8 Å². The van der Waals surface area contributed by atoms with Crippen LogP contribution in [0.1, 0.15) is 52.9 Å². The van der Waals surface area contributed by atoms with Crippen LogP contribution in [-0.4, -0.2) is 12.1 Å². The van der Waals surface area contributed by atoms with Gasteiger partial charge in [-0.05, 0) is 55.3 Å². The molecular formula is C14H20O2. The Morgan fingerprint density at radius 3 is 2.62 bits per heavy atom. The topological polar surface area (TPSA) is 26.3 Å². The molecule has 1 heterocycles. The van der Waals surface area contributed by atoms with Crippen LogP contribution in [0.5, 0.6) is 0 Å². The standard InChI is InChI=1S/C14H20O2/c1-11-4-9-5-14(7-11)12(2,6-11)8-13(14,3)10(15)16-9/h9H,4-8H2,1-3H3. The summed E-state index contributed by atoms with van der Waals surface area (Å²) in [6.07, 6.45) is 6.09. The van der Waals surface area contributed by atoms with Crippen LogP contribution in [0.15, 0.2) is 0 Å². The molecule has 3 aliphatic carbocycles. The third-order valence-corrected chi connectivity index (χ3v) is 6.52. The molecule has 2 nitrogen and oxygen atoms in total. The molecule has 0 amide bonds. The lowest BCUT2D eigenvalue weighted by Gasteiger charge is -2.68. The summed E-state index contributed by atoms with van der Waals surface area (Å²) in [5, 5.41) is 0. The Morgan fingerprint density at radius 2 is 1.88 bits per heavy atom. The second kappa shape index (κ2) is 2.09. The summed E-state index contributed by atoms with van der Waals surface area (Å²) in [7, 11) is 0. The Bertz CT molecular complexity index is 417. The van der Waals surface area contributed by atoms with Gasteiger partial charge in [-0.2, -0.15) is 0 Å². The van der Waals surface area contributed by atoms with Crippen LogP contribution in [0.25, 0.3) is 0 Å². The van der Waals surface area contributed by atoms with Gasteiger partial charge < -0.3 is 4.74 Å². The van der Waals surface area contributed by atoms with Crippen molar-refractivity contribution in [2.24, 2.45) is 21.7 Å². The van der Waals surface area contributed by atoms with Gasteiger partial charge >= 0.3 is 5.97 Å². The Balaban J connectivity index is 1.93. The molecule has 0 aromatic carbocycles. The lowest BCUT2D eigenvalue weighted by molar-refractivity contribution is -0.256. The second-order valence-electron chi connectivity index (χ2n) is 7.75. The molecule has 3 bridgehead atoms. The number of hydrogen-bond acceptors (Lipinski definition) is 2. The third-order valence-electron chi connectivity index (χ3n) is 6.52. The highest BCUT2D eigenvalue weighted by atomic mass is 16.5. The molecule has 1 spiro atoms. The van der Waals surface area contributed by atoms with Crippen LogP contribution < -0.4 is 0 Å². The fraction of sp³-hybridized carbons (Fsp3) is 0.929. The van der Waals surface area contributed by atoms with Crippen molar-refractivity contribution in [1.29, 1.82) is 0 Å². The van der Waals surface area contributed by atoms with Crippen LogP contribution in [0.4, 0.5) is 0 Å². The fourth-order valence-corrected chi connectivity index (χ4v) is 6.38. The van der Waals surface area contributed by atoms with Crippen molar-refractivity contribution < 1.29 is 9.53 Å². The maximum atomic E-state index is 12.2. The van der Waals surface area contributed by atoms with Crippen LogP contribution >= 0.6 is 0 Å². The summed E-state index contributed by atoms with van der Waals surface area (Å²) in [5.74, 6) is 0.102. The van der Waals surface area contributed by atoms with Gasteiger partial charge in [0.2, 0.25) is 0 Å². The minimum absolute atomic E-state index is 0.102. The SMILES string of the molecule is CC12CC3CC4(C1)C(C)(C2)CC4(C)C(=O)O3. The van der Waals surface area contributed by atoms with E-state index in [1.54, 1.807) is 0 Å². The quantitative estimate of drug-likeness (QED) is 0.587. The number of rotatable bonds is 0. The number of fused-ring (bicyclic) bond motifs is 2. The molecule has 1 saturated heterocycles. The lowest BCUT2D eigenvalue weighted by atomic mass is 9.36. The fourth-order valence-electron chi connectivity index (χ4n) is 6.38. The smallest absolute Gasteiger partial charge is 0.312 e. The van der Waals surface area contributed by atoms with Crippen molar-refractivity contribution in [3.63, 3.8) is 0 Å². The Labute approximate surface area is 96.7 Å². The maximum absolute atomic E-state index is 12.2. The zero-order valence-electron chi connectivity index (χ0n) is 10.4. The summed E-state index contributed by atoms with van der Waals surface area (Å²) in [4.78, 5) is 12.2. The Hall–Kier alpha value is -0.530. The predicted molar refractivity (Wildman–Crippen MR) is 59.7 cm³/mol. The van der Waals surface area contributed by atoms with Gasteiger partial charge in [0, 0.05) is 0 Å². The summed E-state index contributed by atoms with van der Waals surface area (Å²) in [6.45, 7) is 6.98. The van der Waals surface area contributed by atoms with Crippen LogP contribution in [0.2, 0.25) is 0 Å². The molecule has 1 aliphatic heterocycles. The van der Waals surface area contributed by atoms with Crippen molar-refractivity contribution in [2.45, 2.75) is 59.0 Å². The Morgan fingerprint density at radius 1 is 1.12 bits per heavy atom. The summed E-state index contributed by atoms with van der Waals surface area (Å²) in [6, 6.07) is 0. The number of esters is 1. The molecule has 2 heteroatoms. The molecule has 5 unspecified atom stereocenters. The van der Waals surface area contributed by atoms with E-state index in [1.165, 1.54) is 12.8 Å².